The molecular weight excluding hydrogens is 872 g/mol. The molecule has 0 radical (unpaired) electrons. The van der Waals surface area contributed by atoms with E-state index in [0.717, 1.165) is 6.92 Å². The molecule has 0 amide bonds. The van der Waals surface area contributed by atoms with E-state index in [1.165, 1.54) is 48.5 Å². The fraction of sp³-hybridized carbons (Fsp3) is 0.643. The maximum Gasteiger partial charge on any atom is 0.339 e. The van der Waals surface area contributed by atoms with Crippen LogP contribution in [0.3, 0.4) is 0 Å². The molecule has 0 aromatic heterocycles. The van der Waals surface area contributed by atoms with Gasteiger partial charge >= 0.3 is 17.9 Å². The quantitative estimate of drug-likeness (QED) is 0.0479. The Morgan fingerprint density at radius 2 is 0.985 bits per heavy atom. The van der Waals surface area contributed by atoms with Gasteiger partial charge in [0.05, 0.1) is 19.6 Å². The Bertz CT molecular complexity index is 1830. The molecule has 3 aliphatic heterocycles. The van der Waals surface area contributed by atoms with Crippen molar-refractivity contribution in [2.24, 2.45) is 5.92 Å². The van der Waals surface area contributed by atoms with E-state index < -0.39 is 154 Å². The average molecular weight is 931 g/mol. The zero-order chi connectivity index (χ0) is 47.7. The molecule has 23 heteroatoms. The fourth-order valence-electron chi connectivity index (χ4n) is 7.25. The summed E-state index contributed by atoms with van der Waals surface area (Å²) in [5, 5.41) is 112. The van der Waals surface area contributed by atoms with E-state index >= 15 is 0 Å². The predicted molar refractivity (Wildman–Crippen MR) is 212 cm³/mol. The van der Waals surface area contributed by atoms with Gasteiger partial charge in [-0.3, -0.25) is 9.59 Å². The Morgan fingerprint density at radius 1 is 0.569 bits per heavy atom. The van der Waals surface area contributed by atoms with Gasteiger partial charge in [-0.1, -0.05) is 38.1 Å². The molecule has 16 atom stereocenters. The molecule has 0 spiro atoms. The van der Waals surface area contributed by atoms with Gasteiger partial charge in [-0.25, -0.2) is 4.79 Å². The van der Waals surface area contributed by atoms with Crippen molar-refractivity contribution in [3.8, 4) is 11.5 Å². The van der Waals surface area contributed by atoms with E-state index in [0.29, 0.717) is 11.1 Å². The standard InChI is InChI=1S/C42H58O23/c1-19(2)12-42(65-40-37(55)34(52)31(49)27(64-40)18-57-20(3)45,41(56)59-17-22-6-10-24(11-7-22)61-39-36(54)33(51)30(48)26(15-44)63-39)13-28(46)58-16-21-4-8-23(9-5-21)60-38-35(53)32(50)29(47)25(14-43)62-38/h4-11,19,25-27,29-40,43-44,47-55H,12-18H2,1-3H3. The van der Waals surface area contributed by atoms with Crippen LogP contribution in [0.1, 0.15) is 44.7 Å². The van der Waals surface area contributed by atoms with Gasteiger partial charge in [0.15, 0.2) is 11.9 Å². The van der Waals surface area contributed by atoms with Crippen LogP contribution < -0.4 is 9.47 Å². The van der Waals surface area contributed by atoms with E-state index in [9.17, 15) is 70.6 Å². The zero-order valence-corrected chi connectivity index (χ0v) is 35.6. The van der Waals surface area contributed by atoms with Crippen molar-refractivity contribution in [3.05, 3.63) is 59.7 Å². The number of aliphatic hydroxyl groups is 11. The van der Waals surface area contributed by atoms with Crippen LogP contribution in [0.5, 0.6) is 11.5 Å². The molecule has 23 nitrogen and oxygen atoms in total. The molecule has 5 rings (SSSR count). The number of ether oxygens (including phenoxy) is 9. The average Bonchev–Trinajstić information content (AvgIpc) is 3.28. The second-order valence-corrected chi connectivity index (χ2v) is 16.4. The number of aliphatic hydroxyl groups excluding tert-OH is 11. The predicted octanol–water partition coefficient (Wildman–Crippen LogP) is -3.61. The van der Waals surface area contributed by atoms with E-state index in [4.69, 9.17) is 42.6 Å². The van der Waals surface area contributed by atoms with Crippen LogP contribution in [-0.4, -0.2) is 192 Å². The van der Waals surface area contributed by atoms with Crippen molar-refractivity contribution in [3.63, 3.8) is 0 Å². The monoisotopic (exact) mass is 930 g/mol. The number of benzene rings is 2. The summed E-state index contributed by atoms with van der Waals surface area (Å²) >= 11 is 0. The first-order valence-corrected chi connectivity index (χ1v) is 20.7. The minimum Gasteiger partial charge on any atom is -0.463 e. The SMILES string of the molecule is CC(=O)OCC1OC(OC(CC(=O)OCc2ccc(OC3OC(CO)C(O)C(O)C3O)cc2)(CC(C)C)C(=O)OCc2ccc(OC3OC(CO)C(O)C(O)C3O)cc2)C(O)C(O)C1O. The Balaban J connectivity index is 1.31. The first-order valence-electron chi connectivity index (χ1n) is 20.7. The van der Waals surface area contributed by atoms with Crippen molar-refractivity contribution in [2.75, 3.05) is 19.8 Å². The lowest BCUT2D eigenvalue weighted by Gasteiger charge is -2.43. The number of hydrogen-bond acceptors (Lipinski definition) is 23. The molecular formula is C42H58O23. The fourth-order valence-corrected chi connectivity index (χ4v) is 7.25. The van der Waals surface area contributed by atoms with E-state index in [2.05, 4.69) is 0 Å². The number of hydrogen-bond donors (Lipinski definition) is 11. The van der Waals surface area contributed by atoms with Crippen LogP contribution in [-0.2, 0) is 60.8 Å². The molecule has 0 aliphatic carbocycles. The Hall–Kier alpha value is -4.15. The van der Waals surface area contributed by atoms with Gasteiger partial charge in [0.25, 0.3) is 0 Å². The third-order valence-electron chi connectivity index (χ3n) is 10.8. The van der Waals surface area contributed by atoms with Gasteiger partial charge in [-0.05, 0) is 47.7 Å². The summed E-state index contributed by atoms with van der Waals surface area (Å²) in [6, 6.07) is 11.6. The Morgan fingerprint density at radius 3 is 1.42 bits per heavy atom. The summed E-state index contributed by atoms with van der Waals surface area (Å²) in [5.74, 6) is -3.04. The number of rotatable bonds is 19. The molecule has 364 valence electrons. The summed E-state index contributed by atoms with van der Waals surface area (Å²) in [5.41, 5.74) is -1.51. The van der Waals surface area contributed by atoms with Crippen molar-refractivity contribution in [2.45, 2.75) is 145 Å². The van der Waals surface area contributed by atoms with E-state index in [1.54, 1.807) is 13.8 Å². The highest BCUT2D eigenvalue weighted by Crippen LogP contribution is 2.35. The second kappa shape index (κ2) is 23.0. The summed E-state index contributed by atoms with van der Waals surface area (Å²) in [6.45, 7) is 1.79. The highest BCUT2D eigenvalue weighted by Gasteiger charge is 2.53. The van der Waals surface area contributed by atoms with Gasteiger partial charge in [0, 0.05) is 6.92 Å². The van der Waals surface area contributed by atoms with Gasteiger partial charge in [0.1, 0.15) is 105 Å². The lowest BCUT2D eigenvalue weighted by Crippen LogP contribution is -2.62. The maximum absolute atomic E-state index is 14.3. The zero-order valence-electron chi connectivity index (χ0n) is 35.6. The summed E-state index contributed by atoms with van der Waals surface area (Å²) in [7, 11) is 0. The topological polar surface area (TPSA) is 357 Å². The van der Waals surface area contributed by atoms with Gasteiger partial charge < -0.3 is 98.8 Å². The van der Waals surface area contributed by atoms with Gasteiger partial charge in [-0.2, -0.15) is 0 Å². The van der Waals surface area contributed by atoms with Crippen LogP contribution in [0.4, 0.5) is 0 Å². The van der Waals surface area contributed by atoms with Crippen LogP contribution >= 0.6 is 0 Å². The normalized spacial score (nSPS) is 33.7. The smallest absolute Gasteiger partial charge is 0.339 e. The molecule has 0 saturated carbocycles. The third kappa shape index (κ3) is 13.1. The van der Waals surface area contributed by atoms with Crippen molar-refractivity contribution >= 4 is 17.9 Å². The molecule has 65 heavy (non-hydrogen) atoms. The van der Waals surface area contributed by atoms with Gasteiger partial charge in [-0.15, -0.1) is 0 Å². The highest BCUT2D eigenvalue weighted by atomic mass is 16.7. The minimum atomic E-state index is -2.29. The largest absolute Gasteiger partial charge is 0.463 e. The lowest BCUT2D eigenvalue weighted by atomic mass is 9.88. The first-order chi connectivity index (χ1) is 30.8. The highest BCUT2D eigenvalue weighted by molar-refractivity contribution is 5.86. The van der Waals surface area contributed by atoms with E-state index in [1.807, 2.05) is 0 Å². The second-order valence-electron chi connectivity index (χ2n) is 16.4. The summed E-state index contributed by atoms with van der Waals surface area (Å²) in [4.78, 5) is 39.5. The number of esters is 3. The first kappa shape index (κ1) is 51.8. The van der Waals surface area contributed by atoms with Crippen molar-refractivity contribution in [1.29, 1.82) is 0 Å². The summed E-state index contributed by atoms with van der Waals surface area (Å²) in [6.07, 6.45) is -25.3. The van der Waals surface area contributed by atoms with Crippen LogP contribution in [0.25, 0.3) is 0 Å². The van der Waals surface area contributed by atoms with Crippen molar-refractivity contribution < 1.29 is 113 Å². The molecule has 16 unspecified atom stereocenters. The maximum atomic E-state index is 14.3. The Labute approximate surface area is 372 Å². The molecule has 11 N–H and O–H groups in total. The molecule has 3 aliphatic rings. The molecule has 0 bridgehead atoms. The number of carbonyl (C=O) groups excluding carboxylic acids is 3. The molecule has 3 saturated heterocycles. The third-order valence-corrected chi connectivity index (χ3v) is 10.8. The molecule has 2 aromatic rings. The molecule has 3 heterocycles. The van der Waals surface area contributed by atoms with E-state index in [-0.39, 0.29) is 24.5 Å². The van der Waals surface area contributed by atoms with Crippen molar-refractivity contribution in [1.82, 2.24) is 0 Å². The van der Waals surface area contributed by atoms with Gasteiger partial charge in [0.2, 0.25) is 12.6 Å². The lowest BCUT2D eigenvalue weighted by molar-refractivity contribution is -0.327. The minimum absolute atomic E-state index is 0.119. The molecule has 2 aromatic carbocycles. The van der Waals surface area contributed by atoms with Crippen LogP contribution in [0.2, 0.25) is 0 Å². The molecule has 3 fully saturated rings. The van der Waals surface area contributed by atoms with Crippen LogP contribution in [0, 0.1) is 5.92 Å². The number of carbonyl (C=O) groups is 3. The summed E-state index contributed by atoms with van der Waals surface area (Å²) < 4.78 is 50.0. The van der Waals surface area contributed by atoms with Crippen LogP contribution in [0.15, 0.2) is 48.5 Å². The Kier molecular flexibility index (Phi) is 18.4.